The van der Waals surface area contributed by atoms with Crippen molar-refractivity contribution in [2.24, 2.45) is 0 Å². The summed E-state index contributed by atoms with van der Waals surface area (Å²) in [7, 11) is 0. The van der Waals surface area contributed by atoms with Crippen molar-refractivity contribution in [2.75, 3.05) is 44.2 Å². The number of halogens is 1. The monoisotopic (exact) mass is 396 g/mol. The van der Waals surface area contributed by atoms with E-state index >= 15 is 0 Å². The molecule has 1 aliphatic heterocycles. The zero-order chi connectivity index (χ0) is 19.3. The molecule has 5 heteroatoms. The molecule has 3 aromatic rings. The molecule has 1 heterocycles. The molecule has 0 saturated carbocycles. The van der Waals surface area contributed by atoms with Crippen LogP contribution in [0.2, 0.25) is 5.02 Å². The van der Waals surface area contributed by atoms with Crippen molar-refractivity contribution in [3.63, 3.8) is 0 Å². The molecule has 146 valence electrons. The molecule has 0 aromatic heterocycles. The SMILES string of the molecule is O[C@H](COc1ccc2ccccc2c1)CN1CCN(c2cccc(Cl)c2)CC1. The molecular weight excluding hydrogens is 372 g/mol. The third-order valence-corrected chi connectivity index (χ3v) is 5.41. The highest BCUT2D eigenvalue weighted by Gasteiger charge is 2.20. The smallest absolute Gasteiger partial charge is 0.120 e. The molecule has 4 nitrogen and oxygen atoms in total. The highest BCUT2D eigenvalue weighted by Crippen LogP contribution is 2.22. The lowest BCUT2D eigenvalue weighted by Crippen LogP contribution is -2.49. The molecule has 1 atom stereocenters. The predicted molar refractivity (Wildman–Crippen MR) is 116 cm³/mol. The average molecular weight is 397 g/mol. The molecule has 4 rings (SSSR count). The number of aliphatic hydroxyl groups is 1. The number of benzene rings is 3. The van der Waals surface area contributed by atoms with Gasteiger partial charge < -0.3 is 14.7 Å². The molecule has 0 spiro atoms. The van der Waals surface area contributed by atoms with Gasteiger partial charge in [-0.15, -0.1) is 0 Å². The summed E-state index contributed by atoms with van der Waals surface area (Å²) in [6.07, 6.45) is -0.510. The van der Waals surface area contributed by atoms with E-state index in [2.05, 4.69) is 28.0 Å². The molecular formula is C23H25ClN2O2. The quantitative estimate of drug-likeness (QED) is 0.681. The first-order chi connectivity index (χ1) is 13.7. The van der Waals surface area contributed by atoms with Gasteiger partial charge in [0.1, 0.15) is 18.5 Å². The van der Waals surface area contributed by atoms with E-state index in [9.17, 15) is 5.11 Å². The summed E-state index contributed by atoms with van der Waals surface area (Å²) in [6.45, 7) is 4.61. The van der Waals surface area contributed by atoms with Crippen LogP contribution in [0.3, 0.4) is 0 Å². The fourth-order valence-corrected chi connectivity index (χ4v) is 3.85. The molecule has 1 N–H and O–H groups in total. The van der Waals surface area contributed by atoms with Crippen LogP contribution in [0.15, 0.2) is 66.7 Å². The highest BCUT2D eigenvalue weighted by molar-refractivity contribution is 6.30. The van der Waals surface area contributed by atoms with E-state index in [4.69, 9.17) is 16.3 Å². The minimum Gasteiger partial charge on any atom is -0.491 e. The Bertz CT molecular complexity index is 925. The molecule has 1 saturated heterocycles. The zero-order valence-corrected chi connectivity index (χ0v) is 16.6. The van der Waals surface area contributed by atoms with Gasteiger partial charge in [-0.2, -0.15) is 0 Å². The van der Waals surface area contributed by atoms with Gasteiger partial charge in [0.15, 0.2) is 0 Å². The second-order valence-corrected chi connectivity index (χ2v) is 7.68. The van der Waals surface area contributed by atoms with E-state index in [0.717, 1.165) is 48.0 Å². The predicted octanol–water partition coefficient (Wildman–Crippen LogP) is 4.06. The van der Waals surface area contributed by atoms with Crippen LogP contribution in [0, 0.1) is 0 Å². The fourth-order valence-electron chi connectivity index (χ4n) is 3.66. The maximum absolute atomic E-state index is 10.4. The van der Waals surface area contributed by atoms with Gasteiger partial charge in [0.25, 0.3) is 0 Å². The van der Waals surface area contributed by atoms with Gasteiger partial charge >= 0.3 is 0 Å². The molecule has 28 heavy (non-hydrogen) atoms. The summed E-state index contributed by atoms with van der Waals surface area (Å²) in [5, 5.41) is 13.5. The molecule has 0 amide bonds. The Morgan fingerprint density at radius 1 is 0.893 bits per heavy atom. The second-order valence-electron chi connectivity index (χ2n) is 7.24. The van der Waals surface area contributed by atoms with Crippen molar-refractivity contribution >= 4 is 28.1 Å². The summed E-state index contributed by atoms with van der Waals surface area (Å²) in [4.78, 5) is 4.62. The van der Waals surface area contributed by atoms with Crippen LogP contribution < -0.4 is 9.64 Å². The number of piperazine rings is 1. The Hall–Kier alpha value is -2.27. The molecule has 0 unspecified atom stereocenters. The minimum atomic E-state index is -0.510. The number of hydrogen-bond acceptors (Lipinski definition) is 4. The van der Waals surface area contributed by atoms with Crippen LogP contribution in [0.4, 0.5) is 5.69 Å². The van der Waals surface area contributed by atoms with Crippen molar-refractivity contribution in [2.45, 2.75) is 6.10 Å². The Labute approximate surface area is 170 Å². The lowest BCUT2D eigenvalue weighted by atomic mass is 10.1. The standard InChI is InChI=1S/C23H25ClN2O2/c24-20-6-3-7-21(15-20)26-12-10-25(11-13-26)16-22(27)17-28-23-9-8-18-4-1-2-5-19(18)14-23/h1-9,14-15,22,27H,10-13,16-17H2/t22-/m0/s1. The Morgan fingerprint density at radius 2 is 1.68 bits per heavy atom. The third-order valence-electron chi connectivity index (χ3n) is 5.18. The van der Waals surface area contributed by atoms with Crippen LogP contribution >= 0.6 is 11.6 Å². The number of anilines is 1. The molecule has 1 aliphatic rings. The number of rotatable bonds is 6. The normalized spacial score (nSPS) is 16.3. The molecule has 3 aromatic carbocycles. The summed E-state index contributed by atoms with van der Waals surface area (Å²) < 4.78 is 5.82. The van der Waals surface area contributed by atoms with Crippen LogP contribution in [0.1, 0.15) is 0 Å². The van der Waals surface area contributed by atoms with Crippen molar-refractivity contribution in [3.8, 4) is 5.75 Å². The van der Waals surface area contributed by atoms with Crippen LogP contribution in [-0.4, -0.2) is 55.4 Å². The number of fused-ring (bicyclic) bond motifs is 1. The van der Waals surface area contributed by atoms with E-state index < -0.39 is 6.10 Å². The highest BCUT2D eigenvalue weighted by atomic mass is 35.5. The van der Waals surface area contributed by atoms with Gasteiger partial charge in [0.05, 0.1) is 0 Å². The summed E-state index contributed by atoms with van der Waals surface area (Å²) in [5.41, 5.74) is 1.16. The number of β-amino-alcohol motifs (C(OH)–C–C–N with tert-alkyl or cyclic N) is 1. The van der Waals surface area contributed by atoms with E-state index in [1.54, 1.807) is 0 Å². The number of aliphatic hydroxyl groups excluding tert-OH is 1. The number of hydrogen-bond donors (Lipinski definition) is 1. The van der Waals surface area contributed by atoms with E-state index in [1.807, 2.05) is 48.5 Å². The second kappa shape index (κ2) is 8.82. The average Bonchev–Trinajstić information content (AvgIpc) is 2.73. The first-order valence-electron chi connectivity index (χ1n) is 9.70. The third kappa shape index (κ3) is 4.76. The Kier molecular flexibility index (Phi) is 6.01. The topological polar surface area (TPSA) is 35.9 Å². The fraction of sp³-hybridized carbons (Fsp3) is 0.304. The lowest BCUT2D eigenvalue weighted by molar-refractivity contribution is 0.0663. The largest absolute Gasteiger partial charge is 0.491 e. The number of nitrogens with zero attached hydrogens (tertiary/aromatic N) is 2. The van der Waals surface area contributed by atoms with Crippen molar-refractivity contribution in [3.05, 3.63) is 71.8 Å². The summed E-state index contributed by atoms with van der Waals surface area (Å²) >= 11 is 6.09. The van der Waals surface area contributed by atoms with Gasteiger partial charge in [-0.3, -0.25) is 4.90 Å². The van der Waals surface area contributed by atoms with Gasteiger partial charge in [-0.25, -0.2) is 0 Å². The van der Waals surface area contributed by atoms with Crippen LogP contribution in [0.5, 0.6) is 5.75 Å². The minimum absolute atomic E-state index is 0.298. The zero-order valence-electron chi connectivity index (χ0n) is 15.8. The molecule has 1 fully saturated rings. The van der Waals surface area contributed by atoms with Gasteiger partial charge in [-0.05, 0) is 41.1 Å². The number of ether oxygens (including phenoxy) is 1. The van der Waals surface area contributed by atoms with Crippen LogP contribution in [-0.2, 0) is 0 Å². The van der Waals surface area contributed by atoms with E-state index in [0.29, 0.717) is 13.2 Å². The first kappa shape index (κ1) is 19.1. The molecule has 0 radical (unpaired) electrons. The van der Waals surface area contributed by atoms with E-state index in [-0.39, 0.29) is 0 Å². The Balaban J connectivity index is 1.24. The summed E-state index contributed by atoms with van der Waals surface area (Å²) in [5.74, 6) is 0.795. The maximum atomic E-state index is 10.4. The molecule has 0 aliphatic carbocycles. The van der Waals surface area contributed by atoms with Gasteiger partial charge in [0, 0.05) is 43.4 Å². The van der Waals surface area contributed by atoms with Gasteiger partial charge in [0.2, 0.25) is 0 Å². The lowest BCUT2D eigenvalue weighted by Gasteiger charge is -2.36. The van der Waals surface area contributed by atoms with Crippen molar-refractivity contribution in [1.82, 2.24) is 4.90 Å². The molecule has 0 bridgehead atoms. The summed E-state index contributed by atoms with van der Waals surface area (Å²) in [6, 6.07) is 22.2. The van der Waals surface area contributed by atoms with Gasteiger partial charge in [-0.1, -0.05) is 48.0 Å². The first-order valence-corrected chi connectivity index (χ1v) is 10.1. The maximum Gasteiger partial charge on any atom is 0.120 e. The van der Waals surface area contributed by atoms with Crippen LogP contribution in [0.25, 0.3) is 10.8 Å². The van der Waals surface area contributed by atoms with Crippen molar-refractivity contribution < 1.29 is 9.84 Å². The van der Waals surface area contributed by atoms with Crippen molar-refractivity contribution in [1.29, 1.82) is 0 Å². The van der Waals surface area contributed by atoms with E-state index in [1.165, 1.54) is 5.39 Å². The Morgan fingerprint density at radius 3 is 2.46 bits per heavy atom.